The van der Waals surface area contributed by atoms with Crippen LogP contribution in [-0.2, 0) is 29.0 Å². The molecule has 0 aromatic heterocycles. The van der Waals surface area contributed by atoms with E-state index < -0.39 is 11.6 Å². The highest BCUT2D eigenvalue weighted by Crippen LogP contribution is 2.25. The molecule has 0 saturated heterocycles. The van der Waals surface area contributed by atoms with Gasteiger partial charge in [-0.3, -0.25) is 9.59 Å². The monoisotopic (exact) mass is 530 g/mol. The molecule has 3 aromatic carbocycles. The van der Waals surface area contributed by atoms with Gasteiger partial charge in [0.25, 0.3) is 0 Å². The first-order valence-electron chi connectivity index (χ1n) is 11.4. The Balaban J connectivity index is 2.02. The van der Waals surface area contributed by atoms with Crippen LogP contribution in [0.1, 0.15) is 37.5 Å². The number of nitrogens with one attached hydrogen (secondary N) is 1. The van der Waals surface area contributed by atoms with Crippen molar-refractivity contribution in [2.75, 3.05) is 0 Å². The van der Waals surface area contributed by atoms with E-state index in [1.807, 2.05) is 69.3 Å². The van der Waals surface area contributed by atoms with Crippen molar-refractivity contribution in [3.8, 4) is 0 Å². The van der Waals surface area contributed by atoms with Crippen LogP contribution in [0.3, 0.4) is 0 Å². The molecule has 0 fully saturated rings. The summed E-state index contributed by atoms with van der Waals surface area (Å²) in [7, 11) is 0. The van der Waals surface area contributed by atoms with Crippen LogP contribution in [0.4, 0.5) is 0 Å². The largest absolute Gasteiger partial charge is 0.350 e. The summed E-state index contributed by atoms with van der Waals surface area (Å²) < 4.78 is 0. The van der Waals surface area contributed by atoms with Gasteiger partial charge < -0.3 is 10.2 Å². The second-order valence-electron chi connectivity index (χ2n) is 9.47. The molecule has 4 nitrogen and oxygen atoms in total. The summed E-state index contributed by atoms with van der Waals surface area (Å²) >= 11 is 18.9. The predicted molar refractivity (Wildman–Crippen MR) is 144 cm³/mol. The zero-order valence-electron chi connectivity index (χ0n) is 20.0. The van der Waals surface area contributed by atoms with E-state index in [0.29, 0.717) is 27.1 Å². The van der Waals surface area contributed by atoms with Crippen LogP contribution in [0, 0.1) is 0 Å². The van der Waals surface area contributed by atoms with Crippen LogP contribution in [0.25, 0.3) is 0 Å². The minimum absolute atomic E-state index is 0.0224. The number of carbonyl (C=O) groups excluding carboxylic acids is 2. The number of hydrogen-bond acceptors (Lipinski definition) is 2. The third-order valence-electron chi connectivity index (χ3n) is 5.42. The number of carbonyl (C=O) groups is 2. The smallest absolute Gasteiger partial charge is 0.243 e. The number of benzene rings is 3. The first kappa shape index (κ1) is 27.1. The van der Waals surface area contributed by atoms with Crippen molar-refractivity contribution in [2.45, 2.75) is 51.7 Å². The second kappa shape index (κ2) is 11.9. The molecule has 1 N–H and O–H groups in total. The third kappa shape index (κ3) is 7.99. The molecule has 1 unspecified atom stereocenters. The first-order chi connectivity index (χ1) is 16.5. The lowest BCUT2D eigenvalue weighted by Gasteiger charge is -2.34. The number of rotatable bonds is 8. The summed E-state index contributed by atoms with van der Waals surface area (Å²) in [4.78, 5) is 28.9. The van der Waals surface area contributed by atoms with Crippen LogP contribution in [0.5, 0.6) is 0 Å². The fourth-order valence-corrected chi connectivity index (χ4v) is 4.42. The number of nitrogens with zero attached hydrogens (tertiary/aromatic N) is 1. The van der Waals surface area contributed by atoms with Gasteiger partial charge in [0.05, 0.1) is 6.42 Å². The van der Waals surface area contributed by atoms with Crippen molar-refractivity contribution < 1.29 is 9.59 Å². The summed E-state index contributed by atoms with van der Waals surface area (Å²) in [6, 6.07) is 21.3. The molecule has 35 heavy (non-hydrogen) atoms. The van der Waals surface area contributed by atoms with Crippen LogP contribution in [-0.4, -0.2) is 28.3 Å². The molecule has 1 atom stereocenters. The summed E-state index contributed by atoms with van der Waals surface area (Å²) in [5, 5.41) is 4.48. The molecular weight excluding hydrogens is 503 g/mol. The summed E-state index contributed by atoms with van der Waals surface area (Å²) in [5.74, 6) is -0.469. The van der Waals surface area contributed by atoms with Crippen molar-refractivity contribution in [1.29, 1.82) is 0 Å². The second-order valence-corrected chi connectivity index (χ2v) is 10.7. The third-order valence-corrected chi connectivity index (χ3v) is 6.38. The average Bonchev–Trinajstić information content (AvgIpc) is 2.78. The first-order valence-corrected chi connectivity index (χ1v) is 12.5. The van der Waals surface area contributed by atoms with Gasteiger partial charge in [0, 0.05) is 33.6 Å². The Morgan fingerprint density at radius 3 is 2.14 bits per heavy atom. The lowest BCUT2D eigenvalue weighted by atomic mass is 10.00. The minimum atomic E-state index is -0.758. The van der Waals surface area contributed by atoms with Crippen molar-refractivity contribution in [3.05, 3.63) is 105 Å². The maximum Gasteiger partial charge on any atom is 0.243 e. The van der Waals surface area contributed by atoms with E-state index in [9.17, 15) is 9.59 Å². The lowest BCUT2D eigenvalue weighted by molar-refractivity contribution is -0.141. The number of halogens is 3. The number of hydrogen-bond donors (Lipinski definition) is 1. The van der Waals surface area contributed by atoms with Gasteiger partial charge in [-0.1, -0.05) is 89.4 Å². The van der Waals surface area contributed by atoms with Gasteiger partial charge >= 0.3 is 0 Å². The average molecular weight is 532 g/mol. The highest BCUT2D eigenvalue weighted by molar-refractivity contribution is 6.35. The van der Waals surface area contributed by atoms with E-state index in [0.717, 1.165) is 11.1 Å². The van der Waals surface area contributed by atoms with E-state index in [2.05, 4.69) is 5.32 Å². The number of amides is 2. The van der Waals surface area contributed by atoms with Gasteiger partial charge in [0.2, 0.25) is 11.8 Å². The Labute approximate surface area is 222 Å². The molecule has 2 amide bonds. The molecule has 184 valence electrons. The van der Waals surface area contributed by atoms with Gasteiger partial charge in [-0.05, 0) is 55.7 Å². The molecule has 0 aliphatic heterocycles. The molecule has 0 saturated carbocycles. The van der Waals surface area contributed by atoms with Gasteiger partial charge in [-0.25, -0.2) is 0 Å². The molecule has 0 aliphatic rings. The van der Waals surface area contributed by atoms with E-state index in [1.165, 1.54) is 0 Å². The molecular formula is C28H29Cl3N2O2. The maximum atomic E-state index is 13.8. The van der Waals surface area contributed by atoms with E-state index in [-0.39, 0.29) is 24.8 Å². The minimum Gasteiger partial charge on any atom is -0.350 e. The molecule has 3 rings (SSSR count). The Morgan fingerprint density at radius 2 is 1.51 bits per heavy atom. The van der Waals surface area contributed by atoms with E-state index in [1.54, 1.807) is 29.2 Å². The SMILES string of the molecule is CC(C)(C)NC(=O)C(Cc1ccccc1)N(Cc1ccccc1Cl)C(=O)Cc1ccc(Cl)cc1Cl. The van der Waals surface area contributed by atoms with Gasteiger partial charge in [0.15, 0.2) is 0 Å². The predicted octanol–water partition coefficient (Wildman–Crippen LogP) is 6.74. The Morgan fingerprint density at radius 1 is 0.857 bits per heavy atom. The van der Waals surface area contributed by atoms with Crippen molar-refractivity contribution in [2.24, 2.45) is 0 Å². The topological polar surface area (TPSA) is 49.4 Å². The van der Waals surface area contributed by atoms with Crippen LogP contribution >= 0.6 is 34.8 Å². The Hall–Kier alpha value is -2.53. The Kier molecular flexibility index (Phi) is 9.23. The van der Waals surface area contributed by atoms with Gasteiger partial charge in [0.1, 0.15) is 6.04 Å². The fourth-order valence-electron chi connectivity index (χ4n) is 3.75. The van der Waals surface area contributed by atoms with Crippen LogP contribution in [0.15, 0.2) is 72.8 Å². The molecule has 0 heterocycles. The normalized spacial score (nSPS) is 12.2. The van der Waals surface area contributed by atoms with Crippen molar-refractivity contribution in [3.63, 3.8) is 0 Å². The zero-order chi connectivity index (χ0) is 25.6. The molecule has 0 aliphatic carbocycles. The molecule has 0 bridgehead atoms. The zero-order valence-corrected chi connectivity index (χ0v) is 22.3. The molecule has 0 spiro atoms. The van der Waals surface area contributed by atoms with E-state index in [4.69, 9.17) is 34.8 Å². The molecule has 0 radical (unpaired) electrons. The van der Waals surface area contributed by atoms with Crippen molar-refractivity contribution >= 4 is 46.6 Å². The Bertz CT molecular complexity index is 1180. The standard InChI is InChI=1S/C28H29Cl3N2O2/c1-28(2,3)32-27(35)25(15-19-9-5-4-6-10-19)33(18-21-11-7-8-12-23(21)30)26(34)16-20-13-14-22(29)17-24(20)31/h4-14,17,25H,15-16,18H2,1-3H3,(H,32,35). The van der Waals surface area contributed by atoms with E-state index >= 15 is 0 Å². The van der Waals surface area contributed by atoms with Crippen LogP contribution < -0.4 is 5.32 Å². The summed E-state index contributed by atoms with van der Waals surface area (Å²) in [5.41, 5.74) is 1.87. The summed E-state index contributed by atoms with van der Waals surface area (Å²) in [6.07, 6.45) is 0.377. The maximum absolute atomic E-state index is 13.8. The molecule has 7 heteroatoms. The fraction of sp³-hybridized carbons (Fsp3) is 0.286. The highest BCUT2D eigenvalue weighted by atomic mass is 35.5. The van der Waals surface area contributed by atoms with Gasteiger partial charge in [-0.2, -0.15) is 0 Å². The highest BCUT2D eigenvalue weighted by Gasteiger charge is 2.32. The van der Waals surface area contributed by atoms with Crippen LogP contribution in [0.2, 0.25) is 15.1 Å². The quantitative estimate of drug-likeness (QED) is 0.350. The summed E-state index contributed by atoms with van der Waals surface area (Å²) in [6.45, 7) is 5.92. The lowest BCUT2D eigenvalue weighted by Crippen LogP contribution is -2.54. The molecule has 3 aromatic rings. The van der Waals surface area contributed by atoms with Gasteiger partial charge in [-0.15, -0.1) is 0 Å². The van der Waals surface area contributed by atoms with Crippen molar-refractivity contribution in [1.82, 2.24) is 10.2 Å².